The van der Waals surface area contributed by atoms with Gasteiger partial charge in [-0.3, -0.25) is 4.79 Å². The Morgan fingerprint density at radius 3 is 2.31 bits per heavy atom. The molecule has 0 radical (unpaired) electrons. The van der Waals surface area contributed by atoms with Gasteiger partial charge in [0, 0.05) is 23.4 Å². The van der Waals surface area contributed by atoms with Gasteiger partial charge in [0.25, 0.3) is 5.91 Å². The second-order valence-corrected chi connectivity index (χ2v) is 9.67. The van der Waals surface area contributed by atoms with Crippen LogP contribution in [0.15, 0.2) is 35.2 Å². The van der Waals surface area contributed by atoms with Gasteiger partial charge in [-0.25, -0.2) is 21.6 Å². The third-order valence-corrected chi connectivity index (χ3v) is 7.80. The van der Waals surface area contributed by atoms with E-state index in [1.165, 1.54) is 19.1 Å². The number of carbonyl (C=O) groups is 1. The summed E-state index contributed by atoms with van der Waals surface area (Å²) < 4.78 is 65.5. The Balaban J connectivity index is 1.87. The van der Waals surface area contributed by atoms with Gasteiger partial charge in [-0.15, -0.1) is 0 Å². The summed E-state index contributed by atoms with van der Waals surface area (Å²) in [6, 6.07) is 4.78. The van der Waals surface area contributed by atoms with E-state index in [0.29, 0.717) is 25.0 Å². The molecule has 2 aromatic rings. The zero-order chi connectivity index (χ0) is 21.5. The van der Waals surface area contributed by atoms with E-state index in [4.69, 9.17) is 11.6 Å². The number of aliphatic hydroxyl groups is 1. The fourth-order valence-electron chi connectivity index (χ4n) is 3.16. The number of halogens is 4. The van der Waals surface area contributed by atoms with Crippen LogP contribution in [0.25, 0.3) is 0 Å². The quantitative estimate of drug-likeness (QED) is 0.680. The molecule has 1 amide bonds. The minimum absolute atomic E-state index is 0.0767. The number of amides is 1. The summed E-state index contributed by atoms with van der Waals surface area (Å²) in [7, 11) is -3.89. The highest BCUT2D eigenvalue weighted by Gasteiger charge is 2.39. The average Bonchev–Trinajstić information content (AvgIpc) is 2.63. The molecule has 1 atom stereocenters. The number of anilines is 1. The van der Waals surface area contributed by atoms with E-state index in [0.717, 1.165) is 6.07 Å². The van der Waals surface area contributed by atoms with Crippen LogP contribution < -0.4 is 5.32 Å². The Hall–Kier alpha value is -2.10. The van der Waals surface area contributed by atoms with E-state index in [1.807, 2.05) is 0 Å². The van der Waals surface area contributed by atoms with Crippen molar-refractivity contribution in [3.05, 3.63) is 58.4 Å². The number of sulfone groups is 1. The molecule has 1 saturated carbocycles. The number of hydrogen-bond donors (Lipinski definition) is 2. The van der Waals surface area contributed by atoms with Crippen LogP contribution >= 0.6 is 11.6 Å². The molecule has 0 spiro atoms. The Morgan fingerprint density at radius 1 is 1.17 bits per heavy atom. The van der Waals surface area contributed by atoms with Crippen LogP contribution in [0.2, 0.25) is 5.02 Å². The molecule has 0 aromatic heterocycles. The number of benzene rings is 2. The van der Waals surface area contributed by atoms with Crippen LogP contribution in [0.3, 0.4) is 0 Å². The lowest BCUT2D eigenvalue weighted by Gasteiger charge is -2.35. The van der Waals surface area contributed by atoms with Gasteiger partial charge in [0.2, 0.25) is 0 Å². The van der Waals surface area contributed by atoms with Crippen molar-refractivity contribution < 1.29 is 31.5 Å². The molecule has 2 N–H and O–H groups in total. The Bertz CT molecular complexity index is 1050. The Kier molecular flexibility index (Phi) is 5.93. The van der Waals surface area contributed by atoms with E-state index < -0.39 is 44.5 Å². The molecule has 29 heavy (non-hydrogen) atoms. The largest absolute Gasteiger partial charge is 0.393 e. The van der Waals surface area contributed by atoms with Crippen molar-refractivity contribution in [1.29, 1.82) is 0 Å². The molecular formula is C19H17ClF3NO4S. The molecular weight excluding hydrogens is 431 g/mol. The minimum atomic E-state index is -3.89. The van der Waals surface area contributed by atoms with Crippen molar-refractivity contribution >= 4 is 33.0 Å². The monoisotopic (exact) mass is 447 g/mol. The fourth-order valence-corrected chi connectivity index (χ4v) is 5.36. The molecule has 0 aliphatic heterocycles. The van der Waals surface area contributed by atoms with E-state index in [1.54, 1.807) is 0 Å². The predicted molar refractivity (Wildman–Crippen MR) is 101 cm³/mol. The van der Waals surface area contributed by atoms with Gasteiger partial charge in [0.15, 0.2) is 27.3 Å². The van der Waals surface area contributed by atoms with Gasteiger partial charge >= 0.3 is 0 Å². The zero-order valence-electron chi connectivity index (χ0n) is 15.1. The van der Waals surface area contributed by atoms with Gasteiger partial charge in [0.1, 0.15) is 0 Å². The minimum Gasteiger partial charge on any atom is -0.393 e. The first-order chi connectivity index (χ1) is 13.5. The first-order valence-corrected chi connectivity index (χ1v) is 10.6. The summed E-state index contributed by atoms with van der Waals surface area (Å²) in [6.07, 6.45) is 0.196. The van der Waals surface area contributed by atoms with Gasteiger partial charge in [-0.2, -0.15) is 0 Å². The summed E-state index contributed by atoms with van der Waals surface area (Å²) >= 11 is 6.04. The SMILES string of the molecule is CC(C1CC(O)C1)S(=O)(=O)c1cc(C(=O)Nc2cc(F)c(F)c(F)c2)ccc1Cl. The first-order valence-electron chi connectivity index (χ1n) is 8.68. The van der Waals surface area contributed by atoms with E-state index in [2.05, 4.69) is 5.32 Å². The average molecular weight is 448 g/mol. The van der Waals surface area contributed by atoms with Crippen LogP contribution in [-0.4, -0.2) is 30.8 Å². The second kappa shape index (κ2) is 7.97. The normalized spacial score (nSPS) is 20.1. The van der Waals surface area contributed by atoms with Gasteiger partial charge in [-0.05, 0) is 43.9 Å². The summed E-state index contributed by atoms with van der Waals surface area (Å²) in [6.45, 7) is 1.51. The van der Waals surface area contributed by atoms with Crippen molar-refractivity contribution in [3.8, 4) is 0 Å². The fraction of sp³-hybridized carbons (Fsp3) is 0.316. The molecule has 10 heteroatoms. The lowest BCUT2D eigenvalue weighted by molar-refractivity contribution is 0.0428. The number of rotatable bonds is 5. The van der Waals surface area contributed by atoms with E-state index in [9.17, 15) is 31.5 Å². The Morgan fingerprint density at radius 2 is 1.76 bits per heavy atom. The topological polar surface area (TPSA) is 83.5 Å². The van der Waals surface area contributed by atoms with Crippen molar-refractivity contribution in [3.63, 3.8) is 0 Å². The highest BCUT2D eigenvalue weighted by atomic mass is 35.5. The second-order valence-electron chi connectivity index (χ2n) is 6.99. The molecule has 1 fully saturated rings. The van der Waals surface area contributed by atoms with Crippen molar-refractivity contribution in [2.45, 2.75) is 36.0 Å². The lowest BCUT2D eigenvalue weighted by Crippen LogP contribution is -2.39. The number of nitrogens with one attached hydrogen (secondary N) is 1. The van der Waals surface area contributed by atoms with Crippen LogP contribution in [0.1, 0.15) is 30.1 Å². The predicted octanol–water partition coefficient (Wildman–Crippen LogP) is 3.94. The maximum absolute atomic E-state index is 13.3. The third kappa shape index (κ3) is 4.26. The zero-order valence-corrected chi connectivity index (χ0v) is 16.7. The van der Waals surface area contributed by atoms with E-state index in [-0.39, 0.29) is 27.1 Å². The highest BCUT2D eigenvalue weighted by Crippen LogP contribution is 2.37. The van der Waals surface area contributed by atoms with Crippen LogP contribution in [0.5, 0.6) is 0 Å². The summed E-state index contributed by atoms with van der Waals surface area (Å²) in [5.74, 6) is -5.70. The molecule has 156 valence electrons. The third-order valence-electron chi connectivity index (χ3n) is 5.04. The van der Waals surface area contributed by atoms with Crippen molar-refractivity contribution in [2.75, 3.05) is 5.32 Å². The molecule has 2 aromatic carbocycles. The maximum Gasteiger partial charge on any atom is 0.255 e. The van der Waals surface area contributed by atoms with Crippen LogP contribution in [-0.2, 0) is 9.84 Å². The number of aliphatic hydroxyl groups excluding tert-OH is 1. The summed E-state index contributed by atoms with van der Waals surface area (Å²) in [5.41, 5.74) is -0.443. The van der Waals surface area contributed by atoms with Gasteiger partial charge in [0.05, 0.1) is 21.3 Å². The van der Waals surface area contributed by atoms with Crippen molar-refractivity contribution in [2.24, 2.45) is 5.92 Å². The summed E-state index contributed by atoms with van der Waals surface area (Å²) in [5, 5.41) is 10.7. The molecule has 0 bridgehead atoms. The molecule has 1 aliphatic carbocycles. The van der Waals surface area contributed by atoms with Crippen LogP contribution in [0.4, 0.5) is 18.9 Å². The maximum atomic E-state index is 13.3. The summed E-state index contributed by atoms with van der Waals surface area (Å²) in [4.78, 5) is 12.2. The molecule has 0 heterocycles. The Labute approximate surface area is 170 Å². The highest BCUT2D eigenvalue weighted by molar-refractivity contribution is 7.92. The first kappa shape index (κ1) is 21.6. The molecule has 3 rings (SSSR count). The van der Waals surface area contributed by atoms with Crippen molar-refractivity contribution in [1.82, 2.24) is 0 Å². The molecule has 0 saturated heterocycles. The molecule has 1 aliphatic rings. The van der Waals surface area contributed by atoms with Gasteiger partial charge in [-0.1, -0.05) is 11.6 Å². The molecule has 1 unspecified atom stereocenters. The standard InChI is InChI=1S/C19H17ClF3NO4S/c1-9(11-4-13(25)5-11)29(27,28)17-6-10(2-3-14(17)20)19(26)24-12-7-15(21)18(23)16(22)8-12/h2-3,6-9,11,13,25H,4-5H2,1H3,(H,24,26). The number of hydrogen-bond acceptors (Lipinski definition) is 4. The lowest BCUT2D eigenvalue weighted by atomic mass is 9.80. The molecule has 5 nitrogen and oxygen atoms in total. The smallest absolute Gasteiger partial charge is 0.255 e. The van der Waals surface area contributed by atoms with E-state index >= 15 is 0 Å². The van der Waals surface area contributed by atoms with Gasteiger partial charge < -0.3 is 10.4 Å². The number of carbonyl (C=O) groups excluding carboxylic acids is 1. The van der Waals surface area contributed by atoms with Crippen LogP contribution in [0, 0.1) is 23.4 Å².